The first-order valence-corrected chi connectivity index (χ1v) is 8.19. The number of hydrogen-bond donors (Lipinski definition) is 1. The van der Waals surface area contributed by atoms with E-state index in [1.807, 2.05) is 18.2 Å². The van der Waals surface area contributed by atoms with E-state index < -0.39 is 0 Å². The van der Waals surface area contributed by atoms with Gasteiger partial charge in [-0.05, 0) is 48.0 Å². The smallest absolute Gasteiger partial charge is 0.291 e. The molecule has 1 N–H and O–H groups in total. The van der Waals surface area contributed by atoms with E-state index in [1.54, 1.807) is 36.5 Å². The topological polar surface area (TPSA) is 82.3 Å². The molecule has 4 rings (SSSR count). The lowest BCUT2D eigenvalue weighted by atomic mass is 10.2. The van der Waals surface area contributed by atoms with Crippen LogP contribution in [0.1, 0.15) is 16.1 Å². The lowest BCUT2D eigenvalue weighted by Crippen LogP contribution is -2.11. The number of fused-ring (bicyclic) bond motifs is 1. The van der Waals surface area contributed by atoms with E-state index in [9.17, 15) is 4.79 Å². The first-order chi connectivity index (χ1) is 13.2. The maximum Gasteiger partial charge on any atom is 0.291 e. The predicted octanol–water partition coefficient (Wildman–Crippen LogP) is 4.02. The fraction of sp³-hybridized carbons (Fsp3) is 0.100. The van der Waals surface area contributed by atoms with Gasteiger partial charge >= 0.3 is 0 Å². The van der Waals surface area contributed by atoms with E-state index in [0.717, 1.165) is 11.3 Å². The summed E-state index contributed by atoms with van der Waals surface area (Å²) < 4.78 is 21.1. The van der Waals surface area contributed by atoms with Gasteiger partial charge in [0.1, 0.15) is 5.75 Å². The van der Waals surface area contributed by atoms with Gasteiger partial charge in [-0.15, -0.1) is 0 Å². The van der Waals surface area contributed by atoms with Crippen molar-refractivity contribution in [2.75, 3.05) is 19.2 Å². The van der Waals surface area contributed by atoms with Gasteiger partial charge in [-0.2, -0.15) is 0 Å². The Bertz CT molecular complexity index is 996. The summed E-state index contributed by atoms with van der Waals surface area (Å²) in [5.74, 6) is 1.80. The van der Waals surface area contributed by atoms with Gasteiger partial charge in [0.25, 0.3) is 5.91 Å². The highest BCUT2D eigenvalue weighted by molar-refractivity contribution is 6.03. The largest absolute Gasteiger partial charge is 0.494 e. The molecule has 0 fully saturated rings. The number of nitrogens with one attached hydrogen (secondary N) is 1. The molecule has 1 aliphatic heterocycles. The van der Waals surface area contributed by atoms with Crippen molar-refractivity contribution in [3.8, 4) is 17.2 Å². The van der Waals surface area contributed by atoms with Crippen molar-refractivity contribution in [2.45, 2.75) is 0 Å². The quantitative estimate of drug-likeness (QED) is 0.692. The van der Waals surface area contributed by atoms with Gasteiger partial charge < -0.3 is 23.9 Å². The number of methoxy groups -OCH3 is 1. The van der Waals surface area contributed by atoms with Crippen LogP contribution < -0.4 is 19.5 Å². The van der Waals surface area contributed by atoms with Gasteiger partial charge in [-0.1, -0.05) is 0 Å². The van der Waals surface area contributed by atoms with Crippen LogP contribution in [-0.4, -0.2) is 26.0 Å². The minimum Gasteiger partial charge on any atom is -0.494 e. The number of benzene rings is 2. The molecule has 7 nitrogen and oxygen atoms in total. The third-order valence-corrected chi connectivity index (χ3v) is 3.94. The number of ether oxygens (including phenoxy) is 3. The number of carbonyl (C=O) groups is 1. The molecule has 2 aromatic carbocycles. The third-order valence-electron chi connectivity index (χ3n) is 3.94. The van der Waals surface area contributed by atoms with E-state index in [4.69, 9.17) is 18.6 Å². The molecule has 7 heteroatoms. The molecule has 0 bridgehead atoms. The van der Waals surface area contributed by atoms with Gasteiger partial charge in [0.15, 0.2) is 17.3 Å². The Morgan fingerprint density at radius 2 is 2.04 bits per heavy atom. The zero-order valence-electron chi connectivity index (χ0n) is 14.5. The normalized spacial score (nSPS) is 12.3. The van der Waals surface area contributed by atoms with Gasteiger partial charge in [0.2, 0.25) is 6.79 Å². The number of rotatable bonds is 5. The summed E-state index contributed by atoms with van der Waals surface area (Å²) in [4.78, 5) is 16.6. The van der Waals surface area contributed by atoms with Crippen LogP contribution in [-0.2, 0) is 0 Å². The zero-order chi connectivity index (χ0) is 18.6. The highest BCUT2D eigenvalue weighted by Gasteiger charge is 2.13. The second-order valence-electron chi connectivity index (χ2n) is 5.69. The van der Waals surface area contributed by atoms with E-state index in [0.29, 0.717) is 22.9 Å². The summed E-state index contributed by atoms with van der Waals surface area (Å²) in [6.07, 6.45) is 3.16. The van der Waals surface area contributed by atoms with Gasteiger partial charge in [-0.25, -0.2) is 0 Å². The van der Waals surface area contributed by atoms with Crippen molar-refractivity contribution in [1.29, 1.82) is 0 Å². The Labute approximate surface area is 155 Å². The van der Waals surface area contributed by atoms with Crippen molar-refractivity contribution in [3.05, 3.63) is 66.1 Å². The SMILES string of the molecule is COc1cc(N=Cc2ccc3c(c2)OCO3)ccc1NC(=O)c1ccco1. The molecular formula is C20H16N2O5. The van der Waals surface area contributed by atoms with E-state index >= 15 is 0 Å². The molecule has 0 unspecified atom stereocenters. The first-order valence-electron chi connectivity index (χ1n) is 8.19. The molecule has 2 heterocycles. The molecule has 1 aromatic heterocycles. The second kappa shape index (κ2) is 7.25. The Kier molecular flexibility index (Phi) is 4.49. The Morgan fingerprint density at radius 1 is 1.15 bits per heavy atom. The second-order valence-corrected chi connectivity index (χ2v) is 5.69. The van der Waals surface area contributed by atoms with E-state index in [-0.39, 0.29) is 18.5 Å². The van der Waals surface area contributed by atoms with Crippen molar-refractivity contribution >= 4 is 23.5 Å². The van der Waals surface area contributed by atoms with E-state index in [1.165, 1.54) is 13.4 Å². The standard InChI is InChI=1S/C20H16N2O5/c1-24-18-10-14(5-6-15(18)22-20(23)17-3-2-8-25-17)21-11-13-4-7-16-19(9-13)27-12-26-16/h2-11H,12H2,1H3,(H,22,23). The maximum atomic E-state index is 12.1. The molecule has 0 spiro atoms. The molecule has 0 atom stereocenters. The lowest BCUT2D eigenvalue weighted by Gasteiger charge is -2.10. The van der Waals surface area contributed by atoms with Crippen LogP contribution in [0.25, 0.3) is 0 Å². The molecule has 0 radical (unpaired) electrons. The number of carbonyl (C=O) groups excluding carboxylic acids is 1. The fourth-order valence-corrected chi connectivity index (χ4v) is 2.60. The highest BCUT2D eigenvalue weighted by atomic mass is 16.7. The molecule has 1 aliphatic rings. The third kappa shape index (κ3) is 3.62. The minimum atomic E-state index is -0.352. The van der Waals surface area contributed by atoms with Crippen LogP contribution >= 0.6 is 0 Å². The number of nitrogens with zero attached hydrogens (tertiary/aromatic N) is 1. The number of furan rings is 1. The Morgan fingerprint density at radius 3 is 2.85 bits per heavy atom. The molecule has 1 amide bonds. The summed E-state index contributed by atoms with van der Waals surface area (Å²) in [6, 6.07) is 14.1. The first kappa shape index (κ1) is 16.7. The van der Waals surface area contributed by atoms with Crippen molar-refractivity contribution < 1.29 is 23.4 Å². The molecule has 3 aromatic rings. The van der Waals surface area contributed by atoms with Crippen molar-refractivity contribution in [2.24, 2.45) is 4.99 Å². The summed E-state index contributed by atoms with van der Waals surface area (Å²) >= 11 is 0. The summed E-state index contributed by atoms with van der Waals surface area (Å²) in [5, 5.41) is 2.75. The predicted molar refractivity (Wildman–Crippen MR) is 99.5 cm³/mol. The zero-order valence-corrected chi connectivity index (χ0v) is 14.5. The molecule has 27 heavy (non-hydrogen) atoms. The van der Waals surface area contributed by atoms with Crippen LogP contribution in [0, 0.1) is 0 Å². The molecule has 0 saturated carbocycles. The minimum absolute atomic E-state index is 0.224. The van der Waals surface area contributed by atoms with Crippen molar-refractivity contribution in [3.63, 3.8) is 0 Å². The van der Waals surface area contributed by atoms with Crippen LogP contribution in [0.5, 0.6) is 17.2 Å². The number of anilines is 1. The summed E-state index contributed by atoms with van der Waals surface area (Å²) in [6.45, 7) is 0.234. The van der Waals surface area contributed by atoms with Crippen LogP contribution in [0.3, 0.4) is 0 Å². The van der Waals surface area contributed by atoms with Crippen LogP contribution in [0.2, 0.25) is 0 Å². The summed E-state index contributed by atoms with van der Waals surface area (Å²) in [5.41, 5.74) is 2.09. The van der Waals surface area contributed by atoms with Gasteiger partial charge in [0, 0.05) is 12.3 Å². The average molecular weight is 364 g/mol. The van der Waals surface area contributed by atoms with Crippen molar-refractivity contribution in [1.82, 2.24) is 0 Å². The van der Waals surface area contributed by atoms with Crippen LogP contribution in [0.4, 0.5) is 11.4 Å². The van der Waals surface area contributed by atoms with Crippen LogP contribution in [0.15, 0.2) is 64.2 Å². The fourth-order valence-electron chi connectivity index (χ4n) is 2.60. The van der Waals surface area contributed by atoms with E-state index in [2.05, 4.69) is 10.3 Å². The monoisotopic (exact) mass is 364 g/mol. The number of amides is 1. The Balaban J connectivity index is 1.51. The van der Waals surface area contributed by atoms with Gasteiger partial charge in [-0.3, -0.25) is 9.79 Å². The van der Waals surface area contributed by atoms with Gasteiger partial charge in [0.05, 0.1) is 24.7 Å². The number of hydrogen-bond acceptors (Lipinski definition) is 6. The summed E-state index contributed by atoms with van der Waals surface area (Å²) in [7, 11) is 1.53. The maximum absolute atomic E-state index is 12.1. The molecule has 0 saturated heterocycles. The number of aliphatic imine (C=N–C) groups is 1. The average Bonchev–Trinajstić information content (AvgIpc) is 3.38. The lowest BCUT2D eigenvalue weighted by molar-refractivity contribution is 0.0996. The molecule has 0 aliphatic carbocycles. The highest BCUT2D eigenvalue weighted by Crippen LogP contribution is 2.33. The molecular weight excluding hydrogens is 348 g/mol. The molecule has 136 valence electrons. The Hall–Kier alpha value is -3.74.